The number of hydrogen-bond donors (Lipinski definition) is 8. The second kappa shape index (κ2) is 18.1. The second-order valence-corrected chi connectivity index (χ2v) is 12.8. The fraction of sp³-hybridized carbons (Fsp3) is 0.568. The maximum absolute atomic E-state index is 11.2. The molecule has 0 amide bonds. The molecule has 0 saturated carbocycles. The van der Waals surface area contributed by atoms with Crippen molar-refractivity contribution in [2.24, 2.45) is 23.5 Å². The van der Waals surface area contributed by atoms with Crippen molar-refractivity contribution >= 4 is 0 Å². The van der Waals surface area contributed by atoms with Gasteiger partial charge in [0.25, 0.3) is 0 Å². The first-order valence-electron chi connectivity index (χ1n) is 16.9. The first-order valence-corrected chi connectivity index (χ1v) is 16.9. The molecule has 1 aromatic heterocycles. The summed E-state index contributed by atoms with van der Waals surface area (Å²) in [5.41, 5.74) is 9.01. The molecule has 0 radical (unpaired) electrons. The lowest BCUT2D eigenvalue weighted by atomic mass is 9.85. The number of aliphatic hydroxyl groups excluding tert-OH is 4. The van der Waals surface area contributed by atoms with Gasteiger partial charge < -0.3 is 46.3 Å². The highest BCUT2D eigenvalue weighted by atomic mass is 16.5. The smallest absolute Gasteiger partial charge is 0.161 e. The van der Waals surface area contributed by atoms with Gasteiger partial charge in [-0.1, -0.05) is 37.8 Å². The van der Waals surface area contributed by atoms with Crippen molar-refractivity contribution < 1.29 is 30.3 Å². The normalized spacial score (nSPS) is 23.0. The van der Waals surface area contributed by atoms with Crippen LogP contribution in [-0.2, 0) is 12.8 Å². The Kier molecular flexibility index (Phi) is 13.9. The Labute approximate surface area is 273 Å². The van der Waals surface area contributed by atoms with Crippen molar-refractivity contribution in [2.45, 2.75) is 102 Å². The van der Waals surface area contributed by atoms with E-state index in [4.69, 9.17) is 10.5 Å². The minimum atomic E-state index is -0.979. The molecule has 7 atom stereocenters. The van der Waals surface area contributed by atoms with Gasteiger partial charge in [0.1, 0.15) is 6.10 Å². The molecule has 252 valence electrons. The first-order chi connectivity index (χ1) is 22.3. The van der Waals surface area contributed by atoms with Crippen LogP contribution in [0.3, 0.4) is 0 Å². The van der Waals surface area contributed by atoms with Crippen molar-refractivity contribution in [1.29, 1.82) is 0 Å². The van der Waals surface area contributed by atoms with Crippen molar-refractivity contribution in [3.8, 4) is 23.3 Å². The third-order valence-electron chi connectivity index (χ3n) is 9.40. The molecule has 2 heterocycles. The fourth-order valence-corrected chi connectivity index (χ4v) is 6.53. The molecule has 0 spiro atoms. The number of aliphatic hydroxyl groups is 4. The standard InChI is InChI=1S/C37H53N3O6/c1-2-25-7-3-4-11-31(42)30(10-5-8-25)32(43)14-12-26-13-15-33(44)35(21-26)46-36(34(45)17-20-41)23-28(22-29-9-6-18-39-29)27-16-19-40-37(38)24-27/h6,9,13,15-16,18,21,24-25,28,30-32,34,36,39-45H,2-4,7,10-12,14,17,19-20,22-23,38H2,1H3/t25-,28-,30-,31-,32+,34+,36+/m0/s1. The van der Waals surface area contributed by atoms with Gasteiger partial charge in [0.15, 0.2) is 11.5 Å². The Morgan fingerprint density at radius 2 is 1.96 bits per heavy atom. The molecule has 1 aliphatic heterocycles. The average Bonchev–Trinajstić information content (AvgIpc) is 3.56. The van der Waals surface area contributed by atoms with Gasteiger partial charge in [0, 0.05) is 49.7 Å². The zero-order valence-electron chi connectivity index (χ0n) is 27.1. The highest BCUT2D eigenvalue weighted by molar-refractivity contribution is 5.42. The van der Waals surface area contributed by atoms with Crippen LogP contribution in [0.2, 0.25) is 0 Å². The molecule has 2 aliphatic rings. The van der Waals surface area contributed by atoms with Crippen LogP contribution in [0.4, 0.5) is 0 Å². The fourth-order valence-electron chi connectivity index (χ4n) is 6.53. The molecule has 9 heteroatoms. The monoisotopic (exact) mass is 635 g/mol. The minimum absolute atomic E-state index is 0.0554. The number of phenols is 1. The molecule has 9 N–H and O–H groups in total. The molecule has 4 rings (SSSR count). The minimum Gasteiger partial charge on any atom is -0.504 e. The predicted octanol–water partition coefficient (Wildman–Crippen LogP) is 4.05. The number of dihydropyridines is 1. The molecule has 1 aliphatic carbocycles. The summed E-state index contributed by atoms with van der Waals surface area (Å²) in [6, 6.07) is 9.07. The summed E-state index contributed by atoms with van der Waals surface area (Å²) >= 11 is 0. The van der Waals surface area contributed by atoms with Crippen LogP contribution in [0.15, 0.2) is 60.1 Å². The number of rotatable bonds is 15. The second-order valence-electron chi connectivity index (χ2n) is 12.8. The number of nitrogens with two attached hydrogens (primary N) is 1. The number of aryl methyl sites for hydroxylation is 1. The number of nitrogens with one attached hydrogen (secondary N) is 2. The van der Waals surface area contributed by atoms with Gasteiger partial charge in [-0.15, -0.1) is 5.92 Å². The Bertz CT molecular complexity index is 1330. The SMILES string of the molecule is CC[C@@H]1C#CC[C@H]([C@H](O)CCc2ccc(O)c(O[C@H](C[C@H](Cc3ccc[nH]3)C3=CCNC(N)=C3)[C@H](O)CCO)c2)[C@@H](O)CCCC1. The maximum Gasteiger partial charge on any atom is 0.161 e. The molecule has 0 saturated heterocycles. The van der Waals surface area contributed by atoms with E-state index in [-0.39, 0.29) is 36.4 Å². The molecule has 2 aromatic rings. The lowest BCUT2D eigenvalue weighted by molar-refractivity contribution is 0.00547. The summed E-state index contributed by atoms with van der Waals surface area (Å²) in [5, 5.41) is 56.7. The summed E-state index contributed by atoms with van der Waals surface area (Å²) in [4.78, 5) is 3.26. The van der Waals surface area contributed by atoms with E-state index in [0.717, 1.165) is 42.5 Å². The van der Waals surface area contributed by atoms with Gasteiger partial charge in [0.05, 0.1) is 24.1 Å². The topological polar surface area (TPSA) is 164 Å². The molecule has 0 unspecified atom stereocenters. The molecule has 1 aromatic carbocycles. The quantitative estimate of drug-likeness (QED) is 0.136. The number of aromatic amines is 1. The van der Waals surface area contributed by atoms with Gasteiger partial charge in [-0.05, 0) is 92.3 Å². The number of hydrogen-bond acceptors (Lipinski definition) is 8. The number of benzene rings is 1. The average molecular weight is 636 g/mol. The third kappa shape index (κ3) is 10.6. The van der Waals surface area contributed by atoms with E-state index in [1.165, 1.54) is 0 Å². The highest BCUT2D eigenvalue weighted by Gasteiger charge is 2.29. The Morgan fingerprint density at radius 3 is 2.70 bits per heavy atom. The van der Waals surface area contributed by atoms with Gasteiger partial charge in [-0.3, -0.25) is 0 Å². The largest absolute Gasteiger partial charge is 0.504 e. The molecule has 46 heavy (non-hydrogen) atoms. The van der Waals surface area contributed by atoms with Gasteiger partial charge in [-0.2, -0.15) is 0 Å². The van der Waals surface area contributed by atoms with E-state index >= 15 is 0 Å². The van der Waals surface area contributed by atoms with Crippen LogP contribution >= 0.6 is 0 Å². The van der Waals surface area contributed by atoms with Crippen LogP contribution in [0.5, 0.6) is 11.5 Å². The van der Waals surface area contributed by atoms with E-state index in [9.17, 15) is 25.5 Å². The van der Waals surface area contributed by atoms with Gasteiger partial charge in [0.2, 0.25) is 0 Å². The Morgan fingerprint density at radius 1 is 1.13 bits per heavy atom. The number of aromatic nitrogens is 1. The summed E-state index contributed by atoms with van der Waals surface area (Å²) in [6.45, 7) is 2.54. The molecular formula is C37H53N3O6. The highest BCUT2D eigenvalue weighted by Crippen LogP contribution is 2.33. The number of aromatic hydroxyl groups is 1. The molecule has 9 nitrogen and oxygen atoms in total. The van der Waals surface area contributed by atoms with Crippen LogP contribution in [-0.4, -0.2) is 68.1 Å². The van der Waals surface area contributed by atoms with Gasteiger partial charge >= 0.3 is 0 Å². The molecular weight excluding hydrogens is 582 g/mol. The van der Waals surface area contributed by atoms with Gasteiger partial charge in [-0.25, -0.2) is 0 Å². The summed E-state index contributed by atoms with van der Waals surface area (Å²) < 4.78 is 6.35. The Balaban J connectivity index is 1.48. The summed E-state index contributed by atoms with van der Waals surface area (Å²) in [6.07, 6.45) is 10.1. The summed E-state index contributed by atoms with van der Waals surface area (Å²) in [5.74, 6) is 7.34. The summed E-state index contributed by atoms with van der Waals surface area (Å²) in [7, 11) is 0. The first kappa shape index (κ1) is 35.4. The van der Waals surface area contributed by atoms with Crippen LogP contribution in [0.25, 0.3) is 0 Å². The third-order valence-corrected chi connectivity index (χ3v) is 9.40. The van der Waals surface area contributed by atoms with Crippen molar-refractivity contribution in [2.75, 3.05) is 13.2 Å². The van der Waals surface area contributed by atoms with E-state index < -0.39 is 24.4 Å². The number of ether oxygens (including phenoxy) is 1. The van der Waals surface area contributed by atoms with E-state index in [0.29, 0.717) is 56.8 Å². The lowest BCUT2D eigenvalue weighted by Crippen LogP contribution is -2.36. The van der Waals surface area contributed by atoms with E-state index in [2.05, 4.69) is 35.1 Å². The van der Waals surface area contributed by atoms with E-state index in [1.807, 2.05) is 24.4 Å². The Hall–Kier alpha value is -3.42. The zero-order chi connectivity index (χ0) is 32.9. The predicted molar refractivity (Wildman–Crippen MR) is 180 cm³/mol. The number of H-pyrrole nitrogens is 1. The van der Waals surface area contributed by atoms with Crippen molar-refractivity contribution in [3.05, 3.63) is 71.3 Å². The number of allylic oxidation sites excluding steroid dienone is 2. The van der Waals surface area contributed by atoms with Crippen LogP contribution in [0, 0.1) is 29.6 Å². The molecule has 0 fully saturated rings. The molecule has 0 bridgehead atoms. The zero-order valence-corrected chi connectivity index (χ0v) is 27.1. The van der Waals surface area contributed by atoms with Crippen LogP contribution in [0.1, 0.15) is 76.0 Å². The van der Waals surface area contributed by atoms with E-state index in [1.54, 1.807) is 18.2 Å². The van der Waals surface area contributed by atoms with Crippen molar-refractivity contribution in [3.63, 3.8) is 0 Å². The van der Waals surface area contributed by atoms with Crippen LogP contribution < -0.4 is 15.8 Å². The lowest BCUT2D eigenvalue weighted by Gasteiger charge is -2.30. The van der Waals surface area contributed by atoms with Crippen molar-refractivity contribution in [1.82, 2.24) is 10.3 Å². The maximum atomic E-state index is 11.2. The number of phenolic OH excluding ortho intramolecular Hbond substituents is 1.